The number of alkyl halides is 3. The average molecular weight is 492 g/mol. The summed E-state index contributed by atoms with van der Waals surface area (Å²) in [5, 5.41) is 1.37. The first-order valence-corrected chi connectivity index (χ1v) is 12.1. The Morgan fingerprint density at radius 2 is 1.62 bits per heavy atom. The minimum atomic E-state index is -4.67. The number of benzene rings is 1. The van der Waals surface area contributed by atoms with Crippen LogP contribution in [0.5, 0.6) is 0 Å². The number of nitrogens with zero attached hydrogens (tertiary/aromatic N) is 5. The van der Waals surface area contributed by atoms with Gasteiger partial charge in [-0.3, -0.25) is 0 Å². The summed E-state index contributed by atoms with van der Waals surface area (Å²) in [5.41, 5.74) is -0.0824. The maximum absolute atomic E-state index is 13.9. The maximum atomic E-state index is 13.9. The highest BCUT2D eigenvalue weighted by molar-refractivity contribution is 7.92. The topological polar surface area (TPSA) is 69.6 Å². The Kier molecular flexibility index (Phi) is 6.61. The molecule has 3 aromatic rings. The molecule has 0 radical (unpaired) electrons. The van der Waals surface area contributed by atoms with E-state index >= 15 is 0 Å². The van der Waals surface area contributed by atoms with Crippen LogP contribution in [0.2, 0.25) is 0 Å². The van der Waals surface area contributed by atoms with Crippen molar-refractivity contribution in [2.45, 2.75) is 18.1 Å². The van der Waals surface area contributed by atoms with Crippen molar-refractivity contribution < 1.29 is 21.6 Å². The Balaban J connectivity index is 1.91. The number of likely N-dealkylation sites (N-methyl/N-ethyl adjacent to an activating group) is 1. The summed E-state index contributed by atoms with van der Waals surface area (Å²) < 4.78 is 70.0. The molecule has 1 aromatic carbocycles. The Labute approximate surface area is 196 Å². The zero-order valence-corrected chi connectivity index (χ0v) is 19.5. The highest BCUT2D eigenvalue weighted by Gasteiger charge is 2.38. The van der Waals surface area contributed by atoms with Crippen LogP contribution in [0.1, 0.15) is 11.1 Å². The van der Waals surface area contributed by atoms with E-state index in [2.05, 4.69) is 9.97 Å². The lowest BCUT2D eigenvalue weighted by Gasteiger charge is -2.39. The minimum absolute atomic E-state index is 0.124. The van der Waals surface area contributed by atoms with Crippen molar-refractivity contribution in [2.75, 3.05) is 37.6 Å². The van der Waals surface area contributed by atoms with Crippen molar-refractivity contribution in [3.05, 3.63) is 72.1 Å². The molecule has 1 aliphatic heterocycles. The van der Waals surface area contributed by atoms with E-state index in [1.807, 2.05) is 11.9 Å². The number of pyridine rings is 2. The molecule has 0 saturated carbocycles. The first kappa shape index (κ1) is 24.1. The Morgan fingerprint density at radius 3 is 2.24 bits per heavy atom. The van der Waals surface area contributed by atoms with Gasteiger partial charge in [-0.05, 0) is 48.9 Å². The molecule has 11 heteroatoms. The van der Waals surface area contributed by atoms with Crippen LogP contribution in [0.15, 0.2) is 66.0 Å². The molecule has 34 heavy (non-hydrogen) atoms. The standard InChI is InChI=1S/C23H24F3N5O2S/c1-17-7-3-4-8-18(17)19-15-21(28-16-20(19)23(24,25)26)31(30-13-11-29(2)12-14-30)34(32,33)22-9-5-6-10-27-22/h3-10,15-16H,11-14H2,1-2H3. The van der Waals surface area contributed by atoms with Gasteiger partial charge in [0, 0.05) is 38.6 Å². The number of sulfonamides is 1. The highest BCUT2D eigenvalue weighted by Crippen LogP contribution is 2.40. The molecule has 4 rings (SSSR count). The van der Waals surface area contributed by atoms with Crippen molar-refractivity contribution >= 4 is 15.8 Å². The summed E-state index contributed by atoms with van der Waals surface area (Å²) in [7, 11) is -2.32. The van der Waals surface area contributed by atoms with Crippen LogP contribution in [0.4, 0.5) is 19.0 Å². The molecule has 7 nitrogen and oxygen atoms in total. The molecule has 1 fully saturated rings. The third kappa shape index (κ3) is 4.77. The van der Waals surface area contributed by atoms with Crippen LogP contribution in [-0.2, 0) is 16.2 Å². The van der Waals surface area contributed by atoms with Gasteiger partial charge in [0.2, 0.25) is 0 Å². The van der Waals surface area contributed by atoms with E-state index in [9.17, 15) is 21.6 Å². The van der Waals surface area contributed by atoms with Gasteiger partial charge in [0.15, 0.2) is 10.8 Å². The third-order valence-corrected chi connectivity index (χ3v) is 7.34. The molecule has 0 N–H and O–H groups in total. The fraction of sp³-hybridized carbons (Fsp3) is 0.304. The molecule has 3 heterocycles. The lowest BCUT2D eigenvalue weighted by molar-refractivity contribution is -0.137. The maximum Gasteiger partial charge on any atom is 0.418 e. The molecule has 180 valence electrons. The zero-order chi connectivity index (χ0) is 24.5. The van der Waals surface area contributed by atoms with E-state index in [-0.39, 0.29) is 16.4 Å². The first-order chi connectivity index (χ1) is 16.1. The molecule has 0 amide bonds. The van der Waals surface area contributed by atoms with Crippen LogP contribution in [0.25, 0.3) is 11.1 Å². The second-order valence-electron chi connectivity index (χ2n) is 8.07. The summed E-state index contributed by atoms with van der Waals surface area (Å²) in [6.07, 6.45) is -2.61. The SMILES string of the molecule is Cc1ccccc1-c1cc(N(N2CCN(C)CC2)S(=O)(=O)c2ccccn2)ncc1C(F)(F)F. The number of halogens is 3. The second kappa shape index (κ2) is 9.32. The van der Waals surface area contributed by atoms with E-state index in [1.165, 1.54) is 18.3 Å². The van der Waals surface area contributed by atoms with E-state index in [4.69, 9.17) is 0 Å². The number of aromatic nitrogens is 2. The Hall–Kier alpha value is -3.02. The van der Waals surface area contributed by atoms with E-state index < -0.39 is 21.8 Å². The molecule has 0 unspecified atom stereocenters. The van der Waals surface area contributed by atoms with Crippen molar-refractivity contribution in [2.24, 2.45) is 0 Å². The second-order valence-corrected chi connectivity index (χ2v) is 9.79. The van der Waals surface area contributed by atoms with Crippen LogP contribution in [-0.4, -0.2) is 61.5 Å². The first-order valence-electron chi connectivity index (χ1n) is 10.6. The lowest BCUT2D eigenvalue weighted by atomic mass is 9.97. The smallest absolute Gasteiger partial charge is 0.304 e. The van der Waals surface area contributed by atoms with Crippen LogP contribution >= 0.6 is 0 Å². The summed E-state index contributed by atoms with van der Waals surface area (Å²) in [5.74, 6) is -0.124. The summed E-state index contributed by atoms with van der Waals surface area (Å²) in [4.78, 5) is 10.0. The van der Waals surface area contributed by atoms with Gasteiger partial charge in [0.25, 0.3) is 10.0 Å². The molecule has 0 spiro atoms. The van der Waals surface area contributed by atoms with E-state index in [0.29, 0.717) is 43.5 Å². The van der Waals surface area contributed by atoms with Gasteiger partial charge >= 0.3 is 6.18 Å². The minimum Gasteiger partial charge on any atom is -0.304 e. The van der Waals surface area contributed by atoms with Gasteiger partial charge in [-0.1, -0.05) is 30.3 Å². The van der Waals surface area contributed by atoms with Crippen molar-refractivity contribution in [1.29, 1.82) is 0 Å². The molecule has 0 bridgehead atoms. The lowest BCUT2D eigenvalue weighted by Crippen LogP contribution is -2.55. The van der Waals surface area contributed by atoms with E-state index in [0.717, 1.165) is 4.41 Å². The quantitative estimate of drug-likeness (QED) is 0.541. The number of hydrogen-bond acceptors (Lipinski definition) is 6. The fourth-order valence-corrected chi connectivity index (χ4v) is 5.29. The molecule has 2 aromatic heterocycles. The Bertz CT molecular complexity index is 1260. The normalized spacial score (nSPS) is 15.9. The monoisotopic (exact) mass is 491 g/mol. The predicted octanol–water partition coefficient (Wildman–Crippen LogP) is 3.83. The number of rotatable bonds is 5. The van der Waals surface area contributed by atoms with Crippen molar-refractivity contribution in [1.82, 2.24) is 19.9 Å². The van der Waals surface area contributed by atoms with Crippen molar-refractivity contribution in [3.8, 4) is 11.1 Å². The molecular weight excluding hydrogens is 467 g/mol. The van der Waals surface area contributed by atoms with Gasteiger partial charge in [-0.15, -0.1) is 0 Å². The zero-order valence-electron chi connectivity index (χ0n) is 18.7. The summed E-state index contributed by atoms with van der Waals surface area (Å²) in [6.45, 7) is 3.58. The molecule has 1 saturated heterocycles. The van der Waals surface area contributed by atoms with Gasteiger partial charge in [0.1, 0.15) is 0 Å². The van der Waals surface area contributed by atoms with Gasteiger partial charge in [0.05, 0.1) is 5.56 Å². The predicted molar refractivity (Wildman–Crippen MR) is 122 cm³/mol. The van der Waals surface area contributed by atoms with Gasteiger partial charge < -0.3 is 4.90 Å². The molecule has 1 aliphatic rings. The Morgan fingerprint density at radius 1 is 0.941 bits per heavy atom. The highest BCUT2D eigenvalue weighted by atomic mass is 32.2. The molecular formula is C23H24F3N5O2S. The van der Waals surface area contributed by atoms with Crippen LogP contribution < -0.4 is 4.41 Å². The number of hydrogen-bond donors (Lipinski definition) is 0. The van der Waals surface area contributed by atoms with Crippen LogP contribution in [0, 0.1) is 6.92 Å². The van der Waals surface area contributed by atoms with Gasteiger partial charge in [-0.25, -0.2) is 15.0 Å². The number of piperazine rings is 1. The third-order valence-electron chi connectivity index (χ3n) is 5.69. The van der Waals surface area contributed by atoms with E-state index in [1.54, 1.807) is 48.3 Å². The van der Waals surface area contributed by atoms with Gasteiger partial charge in [-0.2, -0.15) is 26.0 Å². The average Bonchev–Trinajstić information content (AvgIpc) is 2.80. The largest absolute Gasteiger partial charge is 0.418 e. The van der Waals surface area contributed by atoms with Crippen molar-refractivity contribution in [3.63, 3.8) is 0 Å². The number of anilines is 1. The molecule has 0 atom stereocenters. The number of aryl methyl sites for hydroxylation is 1. The number of hydrazine groups is 1. The fourth-order valence-electron chi connectivity index (χ4n) is 3.86. The summed E-state index contributed by atoms with van der Waals surface area (Å²) in [6, 6.07) is 12.3. The van der Waals surface area contributed by atoms with Crippen LogP contribution in [0.3, 0.4) is 0 Å². The molecule has 0 aliphatic carbocycles. The summed E-state index contributed by atoms with van der Waals surface area (Å²) >= 11 is 0.